The van der Waals surface area contributed by atoms with Crippen LogP contribution in [0, 0.1) is 0 Å². The standard InChI is InChI=1S/C13H15NO/c1-3-5-6-10-7-8-13(14)12(9-15)11(10)4-2/h4-9H,2-3,14H2,1H3/b6-5+. The number of aldehydes is 1. The molecule has 0 saturated carbocycles. The lowest BCUT2D eigenvalue weighted by Gasteiger charge is -2.07. The van der Waals surface area contributed by atoms with Crippen LogP contribution >= 0.6 is 0 Å². The van der Waals surface area contributed by atoms with Crippen molar-refractivity contribution in [3.63, 3.8) is 0 Å². The highest BCUT2D eigenvalue weighted by molar-refractivity contribution is 5.91. The summed E-state index contributed by atoms with van der Waals surface area (Å²) in [5.41, 5.74) is 8.49. The van der Waals surface area contributed by atoms with Gasteiger partial charge in [0.15, 0.2) is 6.29 Å². The van der Waals surface area contributed by atoms with Crippen LogP contribution in [0.2, 0.25) is 0 Å². The predicted molar refractivity (Wildman–Crippen MR) is 65.7 cm³/mol. The second kappa shape index (κ2) is 5.15. The van der Waals surface area contributed by atoms with Crippen LogP contribution in [0.4, 0.5) is 5.69 Å². The molecule has 2 heteroatoms. The Kier molecular flexibility index (Phi) is 3.86. The fraction of sp³-hybridized carbons (Fsp3) is 0.154. The molecule has 2 N–H and O–H groups in total. The summed E-state index contributed by atoms with van der Waals surface area (Å²) in [5.74, 6) is 0. The van der Waals surface area contributed by atoms with Crippen LogP contribution in [0.1, 0.15) is 34.8 Å². The van der Waals surface area contributed by atoms with Gasteiger partial charge in [0.05, 0.1) is 0 Å². The number of nitrogen functional groups attached to an aromatic ring is 1. The lowest BCUT2D eigenvalue weighted by Crippen LogP contribution is -1.97. The zero-order valence-corrected chi connectivity index (χ0v) is 8.86. The van der Waals surface area contributed by atoms with E-state index in [1.807, 2.05) is 18.2 Å². The first-order valence-electron chi connectivity index (χ1n) is 4.91. The van der Waals surface area contributed by atoms with Crippen molar-refractivity contribution < 1.29 is 4.79 Å². The van der Waals surface area contributed by atoms with Gasteiger partial charge in [-0.2, -0.15) is 0 Å². The van der Waals surface area contributed by atoms with Gasteiger partial charge < -0.3 is 5.73 Å². The van der Waals surface area contributed by atoms with E-state index in [0.29, 0.717) is 11.3 Å². The first-order valence-corrected chi connectivity index (χ1v) is 4.91. The van der Waals surface area contributed by atoms with Crippen LogP contribution in [-0.4, -0.2) is 6.29 Å². The summed E-state index contributed by atoms with van der Waals surface area (Å²) in [6.45, 7) is 5.76. The zero-order valence-electron chi connectivity index (χ0n) is 8.86. The maximum Gasteiger partial charge on any atom is 0.152 e. The zero-order chi connectivity index (χ0) is 11.3. The molecule has 0 aromatic heterocycles. The number of hydrogen-bond acceptors (Lipinski definition) is 2. The topological polar surface area (TPSA) is 43.1 Å². The van der Waals surface area contributed by atoms with Crippen LogP contribution < -0.4 is 5.73 Å². The van der Waals surface area contributed by atoms with Crippen LogP contribution in [0.5, 0.6) is 0 Å². The molecule has 1 aromatic carbocycles. The van der Waals surface area contributed by atoms with Crippen LogP contribution in [0.3, 0.4) is 0 Å². The summed E-state index contributed by atoms with van der Waals surface area (Å²) >= 11 is 0. The molecule has 0 atom stereocenters. The average Bonchev–Trinajstić information content (AvgIpc) is 2.26. The van der Waals surface area contributed by atoms with E-state index in [1.54, 1.807) is 12.1 Å². The van der Waals surface area contributed by atoms with Crippen LogP contribution in [-0.2, 0) is 0 Å². The number of anilines is 1. The number of benzene rings is 1. The molecule has 0 fully saturated rings. The van der Waals surface area contributed by atoms with E-state index < -0.39 is 0 Å². The van der Waals surface area contributed by atoms with E-state index in [9.17, 15) is 4.79 Å². The maximum absolute atomic E-state index is 10.9. The van der Waals surface area contributed by atoms with E-state index in [2.05, 4.69) is 13.5 Å². The molecule has 0 unspecified atom stereocenters. The Bertz CT molecular complexity index is 405. The van der Waals surface area contributed by atoms with E-state index in [-0.39, 0.29) is 0 Å². The highest BCUT2D eigenvalue weighted by Crippen LogP contribution is 2.22. The SMILES string of the molecule is C=Cc1c(/C=C/CC)ccc(N)c1C=O. The predicted octanol–water partition coefficient (Wildman–Crippen LogP) is 3.15. The normalized spacial score (nSPS) is 10.5. The number of carbonyl (C=O) groups is 1. The first-order chi connectivity index (χ1) is 7.24. The Morgan fingerprint density at radius 3 is 2.67 bits per heavy atom. The molecule has 15 heavy (non-hydrogen) atoms. The van der Waals surface area contributed by atoms with Gasteiger partial charge >= 0.3 is 0 Å². The van der Waals surface area contributed by atoms with Crippen molar-refractivity contribution in [3.8, 4) is 0 Å². The van der Waals surface area contributed by atoms with Gasteiger partial charge in [-0.25, -0.2) is 0 Å². The van der Waals surface area contributed by atoms with Crippen molar-refractivity contribution in [2.45, 2.75) is 13.3 Å². The Morgan fingerprint density at radius 1 is 1.40 bits per heavy atom. The number of hydrogen-bond donors (Lipinski definition) is 1. The second-order valence-corrected chi connectivity index (χ2v) is 3.20. The molecule has 0 radical (unpaired) electrons. The fourth-order valence-electron chi connectivity index (χ4n) is 1.42. The molecule has 1 rings (SSSR count). The van der Waals surface area contributed by atoms with Gasteiger partial charge in [0.1, 0.15) is 0 Å². The Balaban J connectivity index is 3.34. The van der Waals surface area contributed by atoms with Crippen molar-refractivity contribution in [2.75, 3.05) is 5.73 Å². The molecule has 0 aliphatic rings. The molecule has 0 amide bonds. The van der Waals surface area contributed by atoms with E-state index >= 15 is 0 Å². The van der Waals surface area contributed by atoms with Crippen molar-refractivity contribution in [2.24, 2.45) is 0 Å². The minimum Gasteiger partial charge on any atom is -0.398 e. The number of nitrogens with two attached hydrogens (primary N) is 1. The van der Waals surface area contributed by atoms with E-state index in [0.717, 1.165) is 23.8 Å². The third-order valence-corrected chi connectivity index (χ3v) is 2.21. The lowest BCUT2D eigenvalue weighted by atomic mass is 9.99. The van der Waals surface area contributed by atoms with Gasteiger partial charge in [0, 0.05) is 11.3 Å². The Morgan fingerprint density at radius 2 is 2.13 bits per heavy atom. The van der Waals surface area contributed by atoms with Gasteiger partial charge in [-0.3, -0.25) is 4.79 Å². The summed E-state index contributed by atoms with van der Waals surface area (Å²) in [6.07, 6.45) is 7.40. The maximum atomic E-state index is 10.9. The molecule has 2 nitrogen and oxygen atoms in total. The summed E-state index contributed by atoms with van der Waals surface area (Å²) in [7, 11) is 0. The minimum absolute atomic E-state index is 0.494. The monoisotopic (exact) mass is 201 g/mol. The van der Waals surface area contributed by atoms with Crippen molar-refractivity contribution in [1.29, 1.82) is 0 Å². The van der Waals surface area contributed by atoms with Crippen molar-refractivity contribution in [1.82, 2.24) is 0 Å². The summed E-state index contributed by atoms with van der Waals surface area (Å²) in [4.78, 5) is 10.9. The fourth-order valence-corrected chi connectivity index (χ4v) is 1.42. The highest BCUT2D eigenvalue weighted by atomic mass is 16.1. The van der Waals surface area contributed by atoms with Gasteiger partial charge in [0.2, 0.25) is 0 Å². The third kappa shape index (κ3) is 2.34. The van der Waals surface area contributed by atoms with E-state index in [1.165, 1.54) is 0 Å². The molecule has 0 bridgehead atoms. The number of carbonyl (C=O) groups excluding carboxylic acids is 1. The minimum atomic E-state index is 0.494. The number of allylic oxidation sites excluding steroid dienone is 1. The highest BCUT2D eigenvalue weighted by Gasteiger charge is 2.06. The smallest absolute Gasteiger partial charge is 0.152 e. The van der Waals surface area contributed by atoms with E-state index in [4.69, 9.17) is 5.73 Å². The summed E-state index contributed by atoms with van der Waals surface area (Å²) in [6, 6.07) is 3.64. The molecule has 1 aromatic rings. The second-order valence-electron chi connectivity index (χ2n) is 3.20. The summed E-state index contributed by atoms with van der Waals surface area (Å²) < 4.78 is 0. The average molecular weight is 201 g/mol. The lowest BCUT2D eigenvalue weighted by molar-refractivity contribution is 0.112. The molecule has 0 aliphatic carbocycles. The molecule has 0 aliphatic heterocycles. The molecule has 0 heterocycles. The van der Waals surface area contributed by atoms with Gasteiger partial charge in [-0.05, 0) is 23.6 Å². The third-order valence-electron chi connectivity index (χ3n) is 2.21. The quantitative estimate of drug-likeness (QED) is 0.600. The van der Waals surface area contributed by atoms with Crippen LogP contribution in [0.15, 0.2) is 24.8 Å². The van der Waals surface area contributed by atoms with Crippen LogP contribution in [0.25, 0.3) is 12.2 Å². The Hall–Kier alpha value is -1.83. The first kappa shape index (κ1) is 11.2. The van der Waals surface area contributed by atoms with Gasteiger partial charge in [0.25, 0.3) is 0 Å². The van der Waals surface area contributed by atoms with Crippen molar-refractivity contribution >= 4 is 24.1 Å². The molecule has 0 saturated heterocycles. The largest absolute Gasteiger partial charge is 0.398 e. The number of rotatable bonds is 4. The molecule has 0 spiro atoms. The van der Waals surface area contributed by atoms with Crippen molar-refractivity contribution in [3.05, 3.63) is 41.5 Å². The van der Waals surface area contributed by atoms with Gasteiger partial charge in [-0.1, -0.05) is 37.8 Å². The molecule has 78 valence electrons. The molecular formula is C13H15NO. The van der Waals surface area contributed by atoms with Gasteiger partial charge in [-0.15, -0.1) is 0 Å². The summed E-state index contributed by atoms with van der Waals surface area (Å²) in [5, 5.41) is 0. The Labute approximate surface area is 90.1 Å². The molecular weight excluding hydrogens is 186 g/mol.